The molecule has 0 atom stereocenters. The molecule has 2 aromatic heterocycles. The van der Waals surface area contributed by atoms with E-state index in [0.29, 0.717) is 11.4 Å². The summed E-state index contributed by atoms with van der Waals surface area (Å²) in [5.74, 6) is 0.670. The van der Waals surface area contributed by atoms with Gasteiger partial charge in [-0.25, -0.2) is 9.97 Å². The van der Waals surface area contributed by atoms with Crippen LogP contribution >= 0.6 is 0 Å². The normalized spacial score (nSPS) is 12.5. The van der Waals surface area contributed by atoms with Crippen LogP contribution in [0.25, 0.3) is 89.3 Å². The highest BCUT2D eigenvalue weighted by atomic mass is 14.9. The lowest BCUT2D eigenvalue weighted by Gasteiger charge is -2.22. The Morgan fingerprint density at radius 1 is 0.439 bits per heavy atom. The van der Waals surface area contributed by atoms with E-state index in [4.69, 9.17) is 15.0 Å². The number of hydrogen-bond donors (Lipinski definition) is 0. The average molecular weight is 729 g/mol. The van der Waals surface area contributed by atoms with Gasteiger partial charge in [-0.05, 0) is 105 Å². The van der Waals surface area contributed by atoms with Gasteiger partial charge in [-0.15, -0.1) is 0 Å². The van der Waals surface area contributed by atoms with E-state index in [1.165, 1.54) is 27.8 Å². The van der Waals surface area contributed by atoms with Gasteiger partial charge in [0, 0.05) is 39.3 Å². The fourth-order valence-electron chi connectivity index (χ4n) is 8.25. The molecule has 0 saturated heterocycles. The lowest BCUT2D eigenvalue weighted by Crippen LogP contribution is -2.15. The Hall–Kier alpha value is -7.48. The maximum atomic E-state index is 9.70. The van der Waals surface area contributed by atoms with Crippen LogP contribution < -0.4 is 0 Å². The Labute approximate surface area is 332 Å². The minimum absolute atomic E-state index is 0.265. The minimum atomic E-state index is -0.265. The number of benzene rings is 7. The molecule has 1 aliphatic carbocycles. The third-order valence-electron chi connectivity index (χ3n) is 11.3. The van der Waals surface area contributed by atoms with Crippen molar-refractivity contribution in [3.05, 3.63) is 199 Å². The monoisotopic (exact) mass is 728 g/mol. The van der Waals surface area contributed by atoms with Crippen LogP contribution in [0, 0.1) is 11.3 Å². The van der Waals surface area contributed by atoms with Crippen LogP contribution in [0.4, 0.5) is 0 Å². The minimum Gasteiger partial charge on any atom is -0.256 e. The van der Waals surface area contributed by atoms with Gasteiger partial charge in [-0.1, -0.05) is 135 Å². The fourth-order valence-corrected chi connectivity index (χ4v) is 8.25. The van der Waals surface area contributed by atoms with E-state index in [1.54, 1.807) is 0 Å². The van der Waals surface area contributed by atoms with Gasteiger partial charge in [0.2, 0.25) is 0 Å². The summed E-state index contributed by atoms with van der Waals surface area (Å²) < 4.78 is 0. The summed E-state index contributed by atoms with van der Waals surface area (Å²) in [5, 5.41) is 10.8. The summed E-state index contributed by atoms with van der Waals surface area (Å²) in [6.45, 7) is 4.51. The summed E-state index contributed by atoms with van der Waals surface area (Å²) in [5.41, 5.74) is 17.5. The maximum absolute atomic E-state index is 9.70. The summed E-state index contributed by atoms with van der Waals surface area (Å²) in [4.78, 5) is 15.3. The molecule has 2 heterocycles. The van der Waals surface area contributed by atoms with Gasteiger partial charge < -0.3 is 0 Å². The van der Waals surface area contributed by atoms with Crippen molar-refractivity contribution >= 4 is 10.9 Å². The molecule has 7 aromatic carbocycles. The SMILES string of the molecule is CC1(C)c2cc(C#N)ccc2-c2ccc(-c3cc(-c4cnc5ccccc5c4)cc(-c4cc(-c5ccc(-c6ccccc6)cc5)nc(-c5ccccc5)n4)c3)cc21. The van der Waals surface area contributed by atoms with Crippen molar-refractivity contribution in [2.24, 2.45) is 0 Å². The van der Waals surface area contributed by atoms with E-state index < -0.39 is 0 Å². The van der Waals surface area contributed by atoms with E-state index in [2.05, 4.69) is 147 Å². The molecule has 9 aromatic rings. The Morgan fingerprint density at radius 2 is 1.00 bits per heavy atom. The molecule has 0 N–H and O–H groups in total. The molecular weight excluding hydrogens is 693 g/mol. The standard InChI is InChI=1S/C53H36N4/c1-53(2)47-25-34(32-54)17-23-45(47)46-24-22-39(30-48(46)53)41-27-42(44-26-40-15-9-10-16-49(40)55-33-44)29-43(28-41)51-31-50(56-52(57-51)38-13-7-4-8-14-38)37-20-18-36(19-21-37)35-11-5-3-6-12-35/h3-31,33H,1-2H3. The molecule has 57 heavy (non-hydrogen) atoms. The summed E-state index contributed by atoms with van der Waals surface area (Å²) in [7, 11) is 0. The third-order valence-corrected chi connectivity index (χ3v) is 11.3. The zero-order chi connectivity index (χ0) is 38.5. The molecule has 4 nitrogen and oxygen atoms in total. The smallest absolute Gasteiger partial charge is 0.160 e. The first-order chi connectivity index (χ1) is 27.9. The summed E-state index contributed by atoms with van der Waals surface area (Å²) >= 11 is 0. The van der Waals surface area contributed by atoms with Gasteiger partial charge in [-0.3, -0.25) is 4.98 Å². The lowest BCUT2D eigenvalue weighted by atomic mass is 9.81. The van der Waals surface area contributed by atoms with Crippen LogP contribution in [0.1, 0.15) is 30.5 Å². The molecule has 0 aliphatic heterocycles. The van der Waals surface area contributed by atoms with Crippen LogP contribution in [-0.4, -0.2) is 15.0 Å². The van der Waals surface area contributed by atoms with Crippen LogP contribution in [-0.2, 0) is 5.41 Å². The molecule has 0 unspecified atom stereocenters. The van der Waals surface area contributed by atoms with E-state index in [9.17, 15) is 5.26 Å². The number of nitriles is 1. The number of nitrogens with zero attached hydrogens (tertiary/aromatic N) is 4. The van der Waals surface area contributed by atoms with Crippen LogP contribution in [0.3, 0.4) is 0 Å². The van der Waals surface area contributed by atoms with Gasteiger partial charge in [0.15, 0.2) is 5.82 Å². The molecule has 0 spiro atoms. The fraction of sp³-hybridized carbons (Fsp3) is 0.0566. The number of pyridine rings is 1. The van der Waals surface area contributed by atoms with Gasteiger partial charge in [-0.2, -0.15) is 5.26 Å². The Kier molecular flexibility index (Phi) is 8.17. The topological polar surface area (TPSA) is 62.5 Å². The summed E-state index contributed by atoms with van der Waals surface area (Å²) in [6, 6.07) is 63.8. The first-order valence-electron chi connectivity index (χ1n) is 19.2. The average Bonchev–Trinajstić information content (AvgIpc) is 3.51. The number of rotatable bonds is 6. The molecule has 0 radical (unpaired) electrons. The second-order valence-electron chi connectivity index (χ2n) is 15.2. The molecule has 0 fully saturated rings. The molecule has 1 aliphatic rings. The third kappa shape index (κ3) is 6.16. The van der Waals surface area contributed by atoms with Crippen LogP contribution in [0.2, 0.25) is 0 Å². The molecule has 0 saturated carbocycles. The first-order valence-corrected chi connectivity index (χ1v) is 19.2. The molecule has 0 amide bonds. The maximum Gasteiger partial charge on any atom is 0.160 e. The van der Waals surface area contributed by atoms with Crippen molar-refractivity contribution in [2.75, 3.05) is 0 Å². The Morgan fingerprint density at radius 3 is 1.74 bits per heavy atom. The van der Waals surface area contributed by atoms with Crippen molar-refractivity contribution in [2.45, 2.75) is 19.3 Å². The summed E-state index contributed by atoms with van der Waals surface area (Å²) in [6.07, 6.45) is 1.97. The lowest BCUT2D eigenvalue weighted by molar-refractivity contribution is 0.660. The molecular formula is C53H36N4. The highest BCUT2D eigenvalue weighted by Gasteiger charge is 2.36. The molecule has 0 bridgehead atoms. The van der Waals surface area contributed by atoms with Crippen molar-refractivity contribution < 1.29 is 0 Å². The Bertz CT molecular complexity index is 3030. The first kappa shape index (κ1) is 34.0. The van der Waals surface area contributed by atoms with Crippen molar-refractivity contribution in [1.82, 2.24) is 15.0 Å². The zero-order valence-electron chi connectivity index (χ0n) is 31.6. The van der Waals surface area contributed by atoms with E-state index in [-0.39, 0.29) is 5.41 Å². The predicted molar refractivity (Wildman–Crippen MR) is 232 cm³/mol. The van der Waals surface area contributed by atoms with Gasteiger partial charge in [0.1, 0.15) is 0 Å². The molecule has 4 heteroatoms. The van der Waals surface area contributed by atoms with E-state index in [0.717, 1.165) is 66.8 Å². The van der Waals surface area contributed by atoms with Gasteiger partial charge >= 0.3 is 0 Å². The van der Waals surface area contributed by atoms with Gasteiger partial charge in [0.25, 0.3) is 0 Å². The van der Waals surface area contributed by atoms with Crippen molar-refractivity contribution in [3.63, 3.8) is 0 Å². The molecule has 268 valence electrons. The Balaban J connectivity index is 1.15. The van der Waals surface area contributed by atoms with E-state index >= 15 is 0 Å². The quantitative estimate of drug-likeness (QED) is 0.171. The highest BCUT2D eigenvalue weighted by molar-refractivity contribution is 5.89. The van der Waals surface area contributed by atoms with E-state index in [1.807, 2.05) is 54.7 Å². The van der Waals surface area contributed by atoms with Crippen LogP contribution in [0.5, 0.6) is 0 Å². The largest absolute Gasteiger partial charge is 0.256 e. The highest BCUT2D eigenvalue weighted by Crippen LogP contribution is 2.50. The second-order valence-corrected chi connectivity index (χ2v) is 15.2. The van der Waals surface area contributed by atoms with Gasteiger partial charge in [0.05, 0.1) is 28.5 Å². The van der Waals surface area contributed by atoms with Crippen molar-refractivity contribution in [3.8, 4) is 84.5 Å². The number of fused-ring (bicyclic) bond motifs is 4. The molecule has 10 rings (SSSR count). The zero-order valence-corrected chi connectivity index (χ0v) is 31.6. The van der Waals surface area contributed by atoms with Crippen LogP contribution in [0.15, 0.2) is 182 Å². The number of aromatic nitrogens is 3. The second kappa shape index (κ2) is 13.7. The van der Waals surface area contributed by atoms with Crippen molar-refractivity contribution in [1.29, 1.82) is 5.26 Å². The number of para-hydroxylation sites is 1. The predicted octanol–water partition coefficient (Wildman–Crippen LogP) is 13.2. The number of hydrogen-bond acceptors (Lipinski definition) is 4.